The number of aliphatic hydroxyl groups is 1. The van der Waals surface area contributed by atoms with Gasteiger partial charge in [-0.2, -0.15) is 10.2 Å². The summed E-state index contributed by atoms with van der Waals surface area (Å²) in [6.07, 6.45) is 7.10. The second-order valence-electron chi connectivity index (χ2n) is 8.20. The minimum absolute atomic E-state index is 0.247. The first kappa shape index (κ1) is 19.4. The van der Waals surface area contributed by atoms with Gasteiger partial charge in [-0.3, -0.25) is 14.2 Å². The maximum atomic E-state index is 13.0. The van der Waals surface area contributed by atoms with E-state index in [1.54, 1.807) is 23.9 Å². The van der Waals surface area contributed by atoms with Crippen LogP contribution in [0.5, 0.6) is 0 Å². The molecule has 1 aliphatic carbocycles. The number of anilines is 1. The van der Waals surface area contributed by atoms with Crippen molar-refractivity contribution < 1.29 is 9.90 Å². The third kappa shape index (κ3) is 3.94. The quantitative estimate of drug-likeness (QED) is 0.502. The van der Waals surface area contributed by atoms with Gasteiger partial charge in [-0.15, -0.1) is 0 Å². The lowest BCUT2D eigenvalue weighted by molar-refractivity contribution is 0.102. The van der Waals surface area contributed by atoms with E-state index in [9.17, 15) is 9.90 Å². The monoisotopic (exact) mass is 416 g/mol. The molecule has 158 valence electrons. The fraction of sp³-hybridized carbons (Fsp3) is 0.304. The van der Waals surface area contributed by atoms with Gasteiger partial charge in [-0.25, -0.2) is 4.98 Å². The van der Waals surface area contributed by atoms with Crippen molar-refractivity contribution >= 4 is 22.5 Å². The number of benzene rings is 1. The summed E-state index contributed by atoms with van der Waals surface area (Å²) in [5, 5.41) is 22.2. The van der Waals surface area contributed by atoms with E-state index in [-0.39, 0.29) is 5.91 Å². The Bertz CT molecular complexity index is 1270. The smallest absolute Gasteiger partial charge is 0.274 e. The first-order valence-corrected chi connectivity index (χ1v) is 10.4. The summed E-state index contributed by atoms with van der Waals surface area (Å²) in [5.41, 5.74) is 4.84. The van der Waals surface area contributed by atoms with Crippen LogP contribution in [0.4, 0.5) is 5.69 Å². The van der Waals surface area contributed by atoms with Gasteiger partial charge in [-0.1, -0.05) is 6.07 Å². The summed E-state index contributed by atoms with van der Waals surface area (Å²) >= 11 is 0. The van der Waals surface area contributed by atoms with E-state index in [2.05, 4.69) is 26.6 Å². The number of rotatable bonds is 6. The van der Waals surface area contributed by atoms with Crippen molar-refractivity contribution in [3.05, 3.63) is 60.2 Å². The molecule has 2 N–H and O–H groups in total. The molecule has 1 aromatic carbocycles. The fourth-order valence-corrected chi connectivity index (χ4v) is 3.83. The molecule has 4 aromatic rings. The van der Waals surface area contributed by atoms with Gasteiger partial charge in [0.1, 0.15) is 5.69 Å². The molecule has 8 nitrogen and oxygen atoms in total. The van der Waals surface area contributed by atoms with Gasteiger partial charge in [-0.05, 0) is 55.5 Å². The molecule has 0 spiro atoms. The average molecular weight is 416 g/mol. The summed E-state index contributed by atoms with van der Waals surface area (Å²) < 4.78 is 3.52. The molecule has 1 saturated carbocycles. The zero-order chi connectivity index (χ0) is 21.5. The molecule has 5 rings (SSSR count). The van der Waals surface area contributed by atoms with Crippen molar-refractivity contribution in [2.75, 3.05) is 5.32 Å². The van der Waals surface area contributed by atoms with Crippen LogP contribution in [0.25, 0.3) is 22.2 Å². The average Bonchev–Trinajstić information content (AvgIpc) is 3.39. The first-order chi connectivity index (χ1) is 15.0. The first-order valence-electron chi connectivity index (χ1n) is 10.4. The van der Waals surface area contributed by atoms with Crippen LogP contribution in [0.2, 0.25) is 0 Å². The SMILES string of the molecule is C[C@H](O)Cn1cc(-c2cccc(C(=O)Nc3cc4cnn(C)c4cc3C3CC3)n2)cn1. The predicted molar refractivity (Wildman–Crippen MR) is 118 cm³/mol. The van der Waals surface area contributed by atoms with Crippen molar-refractivity contribution in [1.29, 1.82) is 0 Å². The third-order valence-corrected chi connectivity index (χ3v) is 5.54. The van der Waals surface area contributed by atoms with Gasteiger partial charge in [0.05, 0.1) is 36.3 Å². The van der Waals surface area contributed by atoms with Crippen LogP contribution in [-0.4, -0.2) is 41.7 Å². The molecule has 0 radical (unpaired) electrons. The Labute approximate surface area is 179 Å². The lowest BCUT2D eigenvalue weighted by Gasteiger charge is -2.12. The van der Waals surface area contributed by atoms with Crippen LogP contribution in [0.3, 0.4) is 0 Å². The molecule has 1 fully saturated rings. The highest BCUT2D eigenvalue weighted by Gasteiger charge is 2.28. The fourth-order valence-electron chi connectivity index (χ4n) is 3.83. The molecule has 1 amide bonds. The van der Waals surface area contributed by atoms with Gasteiger partial charge in [0, 0.05) is 29.9 Å². The highest BCUT2D eigenvalue weighted by Crippen LogP contribution is 2.44. The normalized spacial score (nSPS) is 14.7. The van der Waals surface area contributed by atoms with Gasteiger partial charge >= 0.3 is 0 Å². The largest absolute Gasteiger partial charge is 0.391 e. The van der Waals surface area contributed by atoms with Crippen molar-refractivity contribution in [1.82, 2.24) is 24.5 Å². The molecule has 0 bridgehead atoms. The summed E-state index contributed by atoms with van der Waals surface area (Å²) in [6, 6.07) is 9.50. The molecule has 0 saturated heterocycles. The summed E-state index contributed by atoms with van der Waals surface area (Å²) in [7, 11) is 1.93. The highest BCUT2D eigenvalue weighted by molar-refractivity contribution is 6.04. The maximum absolute atomic E-state index is 13.0. The van der Waals surface area contributed by atoms with Crippen LogP contribution in [0.1, 0.15) is 41.7 Å². The number of hydrogen-bond acceptors (Lipinski definition) is 5. The molecule has 3 heterocycles. The Morgan fingerprint density at radius 2 is 2.10 bits per heavy atom. The number of aryl methyl sites for hydroxylation is 1. The van der Waals surface area contributed by atoms with Crippen LogP contribution in [-0.2, 0) is 13.6 Å². The predicted octanol–water partition coefficient (Wildman–Crippen LogP) is 3.34. The van der Waals surface area contributed by atoms with Crippen LogP contribution in [0, 0.1) is 0 Å². The number of aromatic nitrogens is 5. The lowest BCUT2D eigenvalue weighted by Crippen LogP contribution is -2.15. The number of pyridine rings is 1. The zero-order valence-corrected chi connectivity index (χ0v) is 17.5. The van der Waals surface area contributed by atoms with Crippen molar-refractivity contribution in [2.45, 2.75) is 38.3 Å². The number of carbonyl (C=O) groups is 1. The molecular formula is C23H24N6O2. The highest BCUT2D eigenvalue weighted by atomic mass is 16.3. The number of aliphatic hydroxyl groups excluding tert-OH is 1. The van der Waals surface area contributed by atoms with Crippen molar-refractivity contribution in [2.24, 2.45) is 7.05 Å². The maximum Gasteiger partial charge on any atom is 0.274 e. The number of carbonyl (C=O) groups excluding carboxylic acids is 1. The Morgan fingerprint density at radius 3 is 2.87 bits per heavy atom. The Kier molecular flexibility index (Phi) is 4.78. The molecule has 1 aliphatic rings. The number of fused-ring (bicyclic) bond motifs is 1. The van der Waals surface area contributed by atoms with Crippen molar-refractivity contribution in [3.63, 3.8) is 0 Å². The standard InChI is InChI=1S/C23H24N6O2/c1-14(30)12-29-13-17(11-25-29)19-4-3-5-20(26-19)23(31)27-21-8-16-10-24-28(2)22(16)9-18(21)15-6-7-15/h3-5,8-11,13-15,30H,6-7,12H2,1-2H3,(H,27,31)/t14-/m0/s1. The van der Waals surface area contributed by atoms with Gasteiger partial charge in [0.25, 0.3) is 5.91 Å². The molecule has 1 atom stereocenters. The van der Waals surface area contributed by atoms with E-state index in [1.165, 1.54) is 0 Å². The Balaban J connectivity index is 1.42. The van der Waals surface area contributed by atoms with Crippen molar-refractivity contribution in [3.8, 4) is 11.3 Å². The van der Waals surface area contributed by atoms with Crippen LogP contribution >= 0.6 is 0 Å². The second kappa shape index (κ2) is 7.63. The lowest BCUT2D eigenvalue weighted by atomic mass is 10.1. The number of hydrogen-bond donors (Lipinski definition) is 2. The van der Waals surface area contributed by atoms with E-state index in [0.717, 1.165) is 40.6 Å². The van der Waals surface area contributed by atoms with Gasteiger partial charge in [0.2, 0.25) is 0 Å². The molecule has 0 unspecified atom stereocenters. The van der Waals surface area contributed by atoms with E-state index < -0.39 is 6.10 Å². The number of nitrogens with zero attached hydrogens (tertiary/aromatic N) is 5. The van der Waals surface area contributed by atoms with E-state index in [1.807, 2.05) is 42.3 Å². The molecule has 31 heavy (non-hydrogen) atoms. The summed E-state index contributed by atoms with van der Waals surface area (Å²) in [5.74, 6) is 0.233. The third-order valence-electron chi connectivity index (χ3n) is 5.54. The molecule has 3 aromatic heterocycles. The molecular weight excluding hydrogens is 392 g/mol. The topological polar surface area (TPSA) is 97.9 Å². The second-order valence-corrected chi connectivity index (χ2v) is 8.20. The summed E-state index contributed by atoms with van der Waals surface area (Å²) in [4.78, 5) is 17.6. The Morgan fingerprint density at radius 1 is 1.26 bits per heavy atom. The Hall–Kier alpha value is -3.52. The minimum Gasteiger partial charge on any atom is -0.391 e. The van der Waals surface area contributed by atoms with Crippen LogP contribution in [0.15, 0.2) is 48.9 Å². The van der Waals surface area contributed by atoms with E-state index in [4.69, 9.17) is 0 Å². The van der Waals surface area contributed by atoms with Gasteiger partial charge < -0.3 is 10.4 Å². The van der Waals surface area contributed by atoms with E-state index in [0.29, 0.717) is 23.9 Å². The van der Waals surface area contributed by atoms with E-state index >= 15 is 0 Å². The molecule has 0 aliphatic heterocycles. The minimum atomic E-state index is -0.490. The van der Waals surface area contributed by atoms with Crippen LogP contribution < -0.4 is 5.32 Å². The summed E-state index contributed by atoms with van der Waals surface area (Å²) in [6.45, 7) is 2.12. The van der Waals surface area contributed by atoms with Gasteiger partial charge in [0.15, 0.2) is 0 Å². The molecule has 8 heteroatoms. The zero-order valence-electron chi connectivity index (χ0n) is 17.5. The number of amides is 1. The number of nitrogens with one attached hydrogen (secondary N) is 1.